The van der Waals surface area contributed by atoms with Crippen molar-refractivity contribution in [3.05, 3.63) is 60.0 Å². The number of rotatable bonds is 3. The monoisotopic (exact) mass is 476 g/mol. The van der Waals surface area contributed by atoms with E-state index in [1.165, 1.54) is 18.6 Å². The van der Waals surface area contributed by atoms with Crippen molar-refractivity contribution in [2.45, 2.75) is 38.0 Å². The highest BCUT2D eigenvalue weighted by molar-refractivity contribution is 5.98. The largest absolute Gasteiger partial charge is 0.336 e. The highest BCUT2D eigenvalue weighted by Gasteiger charge is 2.40. The topological polar surface area (TPSA) is 82.5 Å². The summed E-state index contributed by atoms with van der Waals surface area (Å²) in [5.41, 5.74) is 2.25. The molecule has 2 aliphatic heterocycles. The van der Waals surface area contributed by atoms with Gasteiger partial charge in [0.25, 0.3) is 5.91 Å². The lowest BCUT2D eigenvalue weighted by Gasteiger charge is -2.46. The molecule has 0 bridgehead atoms. The fourth-order valence-corrected chi connectivity index (χ4v) is 5.65. The van der Waals surface area contributed by atoms with Crippen LogP contribution in [0.25, 0.3) is 16.6 Å². The number of hydrogen-bond acceptors (Lipinski definition) is 5. The molecule has 2 saturated heterocycles. The third-order valence-electron chi connectivity index (χ3n) is 7.61. The van der Waals surface area contributed by atoms with E-state index in [0.717, 1.165) is 35.9 Å². The summed E-state index contributed by atoms with van der Waals surface area (Å²) in [6.07, 6.45) is 5.87. The third-order valence-corrected chi connectivity index (χ3v) is 7.61. The Morgan fingerprint density at radius 1 is 1.00 bits per heavy atom. The predicted molar refractivity (Wildman–Crippen MR) is 129 cm³/mol. The first-order valence-electron chi connectivity index (χ1n) is 12.4. The fourth-order valence-electron chi connectivity index (χ4n) is 5.65. The molecule has 182 valence electrons. The zero-order valence-electron chi connectivity index (χ0n) is 19.5. The Kier molecular flexibility index (Phi) is 5.74. The average molecular weight is 477 g/mol. The van der Waals surface area contributed by atoms with Crippen LogP contribution in [0, 0.1) is 11.7 Å². The summed E-state index contributed by atoms with van der Waals surface area (Å²) in [5.74, 6) is -0.0521. The quantitative estimate of drug-likeness (QED) is 0.607. The van der Waals surface area contributed by atoms with Crippen molar-refractivity contribution in [3.63, 3.8) is 0 Å². The standard InChI is InChI=1S/C26H29FN6O2/c27-19-6-8-20(9-7-19)33-23-10-5-17(15-18(23)16-28-33)25(35)31-11-13-32(14-12-31)26-29-22-4-2-1-3-21(22)24(34)30-26/h5-10,15-16,21-22,26,29H,1-4,11-14H2,(H,30,34). The van der Waals surface area contributed by atoms with Crippen molar-refractivity contribution in [1.29, 1.82) is 0 Å². The molecule has 35 heavy (non-hydrogen) atoms. The Morgan fingerprint density at radius 3 is 2.57 bits per heavy atom. The lowest BCUT2D eigenvalue weighted by Crippen LogP contribution is -2.69. The van der Waals surface area contributed by atoms with Gasteiger partial charge in [-0.25, -0.2) is 9.07 Å². The second kappa shape index (κ2) is 9.05. The van der Waals surface area contributed by atoms with Crippen molar-refractivity contribution in [1.82, 2.24) is 30.2 Å². The van der Waals surface area contributed by atoms with Gasteiger partial charge in [-0.15, -0.1) is 0 Å². The summed E-state index contributed by atoms with van der Waals surface area (Å²) >= 11 is 0. The summed E-state index contributed by atoms with van der Waals surface area (Å²) in [6, 6.07) is 12.0. The van der Waals surface area contributed by atoms with Crippen molar-refractivity contribution < 1.29 is 14.0 Å². The Hall–Kier alpha value is -3.30. The maximum Gasteiger partial charge on any atom is 0.253 e. The second-order valence-electron chi connectivity index (χ2n) is 9.71. The molecule has 1 aromatic heterocycles. The molecule has 0 spiro atoms. The van der Waals surface area contributed by atoms with Crippen LogP contribution in [0.4, 0.5) is 4.39 Å². The van der Waals surface area contributed by atoms with Crippen molar-refractivity contribution in [2.75, 3.05) is 26.2 Å². The normalized spacial score (nSPS) is 25.3. The number of carbonyl (C=O) groups is 2. The van der Waals surface area contributed by atoms with Crippen LogP contribution >= 0.6 is 0 Å². The molecule has 3 aliphatic rings. The zero-order chi connectivity index (χ0) is 23.9. The number of carbonyl (C=O) groups excluding carboxylic acids is 2. The number of halogens is 1. The van der Waals surface area contributed by atoms with Gasteiger partial charge in [0, 0.05) is 43.2 Å². The Labute approximate surface area is 203 Å². The lowest BCUT2D eigenvalue weighted by atomic mass is 9.82. The van der Waals surface area contributed by atoms with E-state index < -0.39 is 0 Å². The van der Waals surface area contributed by atoms with Crippen molar-refractivity contribution in [2.24, 2.45) is 5.92 Å². The molecule has 3 unspecified atom stereocenters. The highest BCUT2D eigenvalue weighted by Crippen LogP contribution is 2.28. The lowest BCUT2D eigenvalue weighted by molar-refractivity contribution is -0.134. The van der Waals surface area contributed by atoms with E-state index in [2.05, 4.69) is 20.6 Å². The SMILES string of the molecule is O=C1NC(N2CCN(C(=O)c3ccc4c(cnn4-c4ccc(F)cc4)c3)CC2)NC2CCCCC12. The first kappa shape index (κ1) is 22.2. The van der Waals surface area contributed by atoms with Gasteiger partial charge in [-0.05, 0) is 55.3 Å². The number of fused-ring (bicyclic) bond motifs is 2. The molecule has 9 heteroatoms. The molecule has 3 aromatic rings. The molecule has 0 radical (unpaired) electrons. The molecular weight excluding hydrogens is 447 g/mol. The fraction of sp³-hybridized carbons (Fsp3) is 0.423. The van der Waals surface area contributed by atoms with Crippen LogP contribution in [0.3, 0.4) is 0 Å². The molecule has 8 nitrogen and oxygen atoms in total. The molecule has 3 atom stereocenters. The molecule has 3 fully saturated rings. The maximum absolute atomic E-state index is 13.3. The summed E-state index contributed by atoms with van der Waals surface area (Å²) in [7, 11) is 0. The Bertz CT molecular complexity index is 1250. The minimum Gasteiger partial charge on any atom is -0.336 e. The van der Waals surface area contributed by atoms with Crippen LogP contribution in [0.1, 0.15) is 36.0 Å². The van der Waals surface area contributed by atoms with E-state index in [1.54, 1.807) is 23.0 Å². The van der Waals surface area contributed by atoms with E-state index in [0.29, 0.717) is 31.7 Å². The average Bonchev–Trinajstić information content (AvgIpc) is 3.32. The molecule has 6 rings (SSSR count). The van der Waals surface area contributed by atoms with Crippen LogP contribution in [0.2, 0.25) is 0 Å². The molecule has 2 aromatic carbocycles. The number of nitrogens with zero attached hydrogens (tertiary/aromatic N) is 4. The van der Waals surface area contributed by atoms with E-state index in [1.807, 2.05) is 23.1 Å². The van der Waals surface area contributed by atoms with Crippen molar-refractivity contribution in [3.8, 4) is 5.69 Å². The van der Waals surface area contributed by atoms with Crippen LogP contribution in [-0.4, -0.2) is 69.9 Å². The summed E-state index contributed by atoms with van der Waals surface area (Å²) < 4.78 is 15.0. The predicted octanol–water partition coefficient (Wildman–Crippen LogP) is 2.48. The number of aromatic nitrogens is 2. The van der Waals surface area contributed by atoms with Gasteiger partial charge in [0.15, 0.2) is 0 Å². The van der Waals surface area contributed by atoms with Gasteiger partial charge in [0.05, 0.1) is 23.3 Å². The van der Waals surface area contributed by atoms with Gasteiger partial charge in [0.2, 0.25) is 5.91 Å². The minimum absolute atomic E-state index is 0.00549. The highest BCUT2D eigenvalue weighted by atomic mass is 19.1. The first-order valence-corrected chi connectivity index (χ1v) is 12.4. The molecule has 1 saturated carbocycles. The smallest absolute Gasteiger partial charge is 0.253 e. The first-order chi connectivity index (χ1) is 17.1. The summed E-state index contributed by atoms with van der Waals surface area (Å²) in [5, 5.41) is 12.1. The second-order valence-corrected chi connectivity index (χ2v) is 9.71. The van der Waals surface area contributed by atoms with Gasteiger partial charge in [-0.2, -0.15) is 5.10 Å². The van der Waals surface area contributed by atoms with Gasteiger partial charge in [-0.1, -0.05) is 12.8 Å². The van der Waals surface area contributed by atoms with Crippen molar-refractivity contribution >= 4 is 22.7 Å². The number of hydrogen-bond donors (Lipinski definition) is 2. The van der Waals surface area contributed by atoms with Crippen LogP contribution in [0.5, 0.6) is 0 Å². The van der Waals surface area contributed by atoms with Gasteiger partial charge >= 0.3 is 0 Å². The maximum atomic E-state index is 13.3. The van der Waals surface area contributed by atoms with Gasteiger partial charge < -0.3 is 10.2 Å². The van der Waals surface area contributed by atoms with Crippen LogP contribution in [0.15, 0.2) is 48.7 Å². The number of benzene rings is 2. The third kappa shape index (κ3) is 4.19. The van der Waals surface area contributed by atoms with Crippen LogP contribution in [-0.2, 0) is 4.79 Å². The Balaban J connectivity index is 1.11. The minimum atomic E-state index is -0.293. The molecular formula is C26H29FN6O2. The van der Waals surface area contributed by atoms with E-state index in [9.17, 15) is 14.0 Å². The van der Waals surface area contributed by atoms with E-state index in [4.69, 9.17) is 0 Å². The van der Waals surface area contributed by atoms with E-state index in [-0.39, 0.29) is 35.9 Å². The van der Waals surface area contributed by atoms with Crippen LogP contribution < -0.4 is 10.6 Å². The van der Waals surface area contributed by atoms with E-state index >= 15 is 0 Å². The van der Waals surface area contributed by atoms with Gasteiger partial charge in [0.1, 0.15) is 12.1 Å². The Morgan fingerprint density at radius 2 is 1.77 bits per heavy atom. The molecule has 3 heterocycles. The summed E-state index contributed by atoms with van der Waals surface area (Å²) in [4.78, 5) is 29.9. The molecule has 2 N–H and O–H groups in total. The number of nitrogens with one attached hydrogen (secondary N) is 2. The molecule has 2 amide bonds. The number of piperazine rings is 1. The number of amides is 2. The van der Waals surface area contributed by atoms with Gasteiger partial charge in [-0.3, -0.25) is 19.8 Å². The zero-order valence-corrected chi connectivity index (χ0v) is 19.5. The summed E-state index contributed by atoms with van der Waals surface area (Å²) in [6.45, 7) is 2.61. The molecule has 1 aliphatic carbocycles.